The summed E-state index contributed by atoms with van der Waals surface area (Å²) in [6, 6.07) is 9.18. The number of carboxylic acids is 1. The third kappa shape index (κ3) is 5.05. The number of anilines is 1. The minimum absolute atomic E-state index is 0.00681. The van der Waals surface area contributed by atoms with E-state index < -0.39 is 5.97 Å². The van der Waals surface area contributed by atoms with Gasteiger partial charge in [-0.1, -0.05) is 6.07 Å². The van der Waals surface area contributed by atoms with Crippen LogP contribution in [0.5, 0.6) is 11.5 Å². The van der Waals surface area contributed by atoms with Crippen molar-refractivity contribution < 1.29 is 28.5 Å². The molecule has 1 aliphatic carbocycles. The predicted molar refractivity (Wildman–Crippen MR) is 145 cm³/mol. The van der Waals surface area contributed by atoms with Gasteiger partial charge in [0.25, 0.3) is 0 Å². The van der Waals surface area contributed by atoms with Crippen molar-refractivity contribution in [1.82, 2.24) is 4.98 Å². The van der Waals surface area contributed by atoms with E-state index >= 15 is 4.39 Å². The molecule has 204 valence electrons. The number of aromatic nitrogens is 1. The molecule has 1 aromatic heterocycles. The lowest BCUT2D eigenvalue weighted by molar-refractivity contribution is -0.137. The normalized spacial score (nSPS) is 21.4. The SMILES string of the molecule is Cc1cc(OCC2CCOC2)cc(C)c1-c1ccc(F)c2c1CCC2Nc1cc2c(cn1)[C@H](CC(=O)O)CO2. The Balaban J connectivity index is 1.24. The van der Waals surface area contributed by atoms with E-state index in [0.29, 0.717) is 36.3 Å². The highest BCUT2D eigenvalue weighted by molar-refractivity contribution is 5.77. The molecule has 1 saturated heterocycles. The Morgan fingerprint density at radius 3 is 2.74 bits per heavy atom. The second-order valence-electron chi connectivity index (χ2n) is 10.9. The maximum atomic E-state index is 15.3. The Bertz CT molecular complexity index is 1400. The number of carbonyl (C=O) groups is 1. The maximum absolute atomic E-state index is 15.3. The van der Waals surface area contributed by atoms with Crippen molar-refractivity contribution in [2.24, 2.45) is 5.92 Å². The molecule has 7 nitrogen and oxygen atoms in total. The van der Waals surface area contributed by atoms with Crippen LogP contribution in [0.4, 0.5) is 10.2 Å². The van der Waals surface area contributed by atoms with Crippen molar-refractivity contribution in [3.05, 3.63) is 70.2 Å². The van der Waals surface area contributed by atoms with Gasteiger partial charge in [0.1, 0.15) is 23.1 Å². The molecule has 0 spiro atoms. The number of nitrogens with one attached hydrogen (secondary N) is 1. The second kappa shape index (κ2) is 10.5. The fourth-order valence-corrected chi connectivity index (χ4v) is 6.25. The third-order valence-electron chi connectivity index (χ3n) is 8.14. The number of halogens is 1. The Morgan fingerprint density at radius 1 is 1.18 bits per heavy atom. The summed E-state index contributed by atoms with van der Waals surface area (Å²) in [7, 11) is 0. The lowest BCUT2D eigenvalue weighted by Crippen LogP contribution is -2.12. The molecular weight excluding hydrogens is 499 g/mol. The Morgan fingerprint density at radius 2 is 2.00 bits per heavy atom. The van der Waals surface area contributed by atoms with Crippen LogP contribution >= 0.6 is 0 Å². The van der Waals surface area contributed by atoms with Gasteiger partial charge in [-0.3, -0.25) is 4.79 Å². The van der Waals surface area contributed by atoms with Crippen LogP contribution in [0, 0.1) is 25.6 Å². The fraction of sp³-hybridized carbons (Fsp3) is 0.419. The summed E-state index contributed by atoms with van der Waals surface area (Å²) in [4.78, 5) is 15.7. The van der Waals surface area contributed by atoms with Gasteiger partial charge in [0, 0.05) is 41.8 Å². The summed E-state index contributed by atoms with van der Waals surface area (Å²) in [6.07, 6.45) is 4.21. The molecule has 1 fully saturated rings. The molecule has 8 heteroatoms. The molecule has 3 atom stereocenters. The van der Waals surface area contributed by atoms with Gasteiger partial charge in [-0.05, 0) is 79.1 Å². The summed E-state index contributed by atoms with van der Waals surface area (Å²) in [5.41, 5.74) is 6.89. The predicted octanol–water partition coefficient (Wildman–Crippen LogP) is 5.97. The van der Waals surface area contributed by atoms with E-state index in [1.807, 2.05) is 6.07 Å². The van der Waals surface area contributed by atoms with Gasteiger partial charge in [0.2, 0.25) is 0 Å². The number of rotatable bonds is 8. The molecule has 0 amide bonds. The van der Waals surface area contributed by atoms with E-state index in [1.54, 1.807) is 18.3 Å². The molecule has 39 heavy (non-hydrogen) atoms. The number of ether oxygens (including phenoxy) is 3. The first kappa shape index (κ1) is 25.6. The number of pyridine rings is 1. The molecule has 0 radical (unpaired) electrons. The van der Waals surface area contributed by atoms with Gasteiger partial charge in [0.05, 0.1) is 32.3 Å². The minimum Gasteiger partial charge on any atom is -0.493 e. The van der Waals surface area contributed by atoms with Gasteiger partial charge in [-0.25, -0.2) is 9.37 Å². The summed E-state index contributed by atoms with van der Waals surface area (Å²) in [5.74, 6) is 1.24. The smallest absolute Gasteiger partial charge is 0.304 e. The topological polar surface area (TPSA) is 89.9 Å². The molecular formula is C31H33FN2O5. The summed E-state index contributed by atoms with van der Waals surface area (Å²) >= 11 is 0. The molecule has 0 bridgehead atoms. The molecule has 3 heterocycles. The first-order valence-electron chi connectivity index (χ1n) is 13.6. The zero-order valence-corrected chi connectivity index (χ0v) is 22.3. The molecule has 6 rings (SSSR count). The maximum Gasteiger partial charge on any atom is 0.304 e. The number of hydrogen-bond acceptors (Lipinski definition) is 6. The summed E-state index contributed by atoms with van der Waals surface area (Å²) in [6.45, 7) is 6.71. The van der Waals surface area contributed by atoms with Crippen molar-refractivity contribution >= 4 is 11.8 Å². The first-order chi connectivity index (χ1) is 18.9. The minimum atomic E-state index is -0.862. The quantitative estimate of drug-likeness (QED) is 0.369. The standard InChI is InChI=1S/C31H33FN2O5/c1-17-9-21(38-15-19-7-8-37-14-19)10-18(2)30(17)22-3-5-25(32)31-23(22)4-6-26(31)34-28-12-27-24(13-33-28)20(16-39-27)11-29(35)36/h3,5,9-10,12-13,19-20,26H,4,6-8,11,14-16H2,1-2H3,(H,33,34)(H,35,36)/t19?,20-,26?/m1/s1. The molecule has 2 unspecified atom stereocenters. The van der Waals surface area contributed by atoms with Crippen LogP contribution < -0.4 is 14.8 Å². The number of hydrogen-bond donors (Lipinski definition) is 2. The molecule has 0 saturated carbocycles. The van der Waals surface area contributed by atoms with Crippen molar-refractivity contribution in [2.45, 2.75) is 51.5 Å². The summed E-state index contributed by atoms with van der Waals surface area (Å²) in [5, 5.41) is 12.6. The second-order valence-corrected chi connectivity index (χ2v) is 10.9. The van der Waals surface area contributed by atoms with Crippen molar-refractivity contribution in [2.75, 3.05) is 31.7 Å². The number of carboxylic acid groups (broad SMARTS) is 1. The Hall–Kier alpha value is -3.65. The summed E-state index contributed by atoms with van der Waals surface area (Å²) < 4.78 is 32.6. The van der Waals surface area contributed by atoms with E-state index in [2.05, 4.69) is 36.3 Å². The number of benzene rings is 2. The zero-order chi connectivity index (χ0) is 27.1. The van der Waals surface area contributed by atoms with Crippen molar-refractivity contribution in [1.29, 1.82) is 0 Å². The van der Waals surface area contributed by atoms with Crippen LogP contribution in [0.15, 0.2) is 36.5 Å². The van der Waals surface area contributed by atoms with Gasteiger partial charge in [-0.15, -0.1) is 0 Å². The lowest BCUT2D eigenvalue weighted by Gasteiger charge is -2.19. The molecule has 2 aromatic carbocycles. The van der Waals surface area contributed by atoms with Crippen LogP contribution in [0.25, 0.3) is 11.1 Å². The van der Waals surface area contributed by atoms with E-state index in [9.17, 15) is 4.79 Å². The average molecular weight is 533 g/mol. The Labute approximate surface area is 227 Å². The zero-order valence-electron chi connectivity index (χ0n) is 22.3. The number of aryl methyl sites for hydroxylation is 2. The van der Waals surface area contributed by atoms with E-state index in [0.717, 1.165) is 71.6 Å². The number of fused-ring (bicyclic) bond motifs is 2. The highest BCUT2D eigenvalue weighted by atomic mass is 19.1. The highest BCUT2D eigenvalue weighted by Crippen LogP contribution is 2.44. The van der Waals surface area contributed by atoms with E-state index in [4.69, 9.17) is 19.3 Å². The van der Waals surface area contributed by atoms with Crippen LogP contribution in [0.1, 0.15) is 59.0 Å². The van der Waals surface area contributed by atoms with Crippen LogP contribution in [0.3, 0.4) is 0 Å². The average Bonchev–Trinajstić information content (AvgIpc) is 3.65. The highest BCUT2D eigenvalue weighted by Gasteiger charge is 2.31. The van der Waals surface area contributed by atoms with Gasteiger partial charge < -0.3 is 24.6 Å². The van der Waals surface area contributed by atoms with Gasteiger partial charge >= 0.3 is 5.97 Å². The molecule has 2 aliphatic heterocycles. The Kier molecular flexibility index (Phi) is 6.89. The fourth-order valence-electron chi connectivity index (χ4n) is 6.25. The third-order valence-corrected chi connectivity index (χ3v) is 8.14. The molecule has 2 N–H and O–H groups in total. The van der Waals surface area contributed by atoms with Crippen molar-refractivity contribution in [3.8, 4) is 22.6 Å². The van der Waals surface area contributed by atoms with Crippen LogP contribution in [-0.2, 0) is 16.0 Å². The largest absolute Gasteiger partial charge is 0.493 e. The van der Waals surface area contributed by atoms with Gasteiger partial charge in [0.15, 0.2) is 0 Å². The van der Waals surface area contributed by atoms with Crippen LogP contribution in [-0.4, -0.2) is 42.5 Å². The molecule has 3 aromatic rings. The van der Waals surface area contributed by atoms with E-state index in [-0.39, 0.29) is 24.2 Å². The van der Waals surface area contributed by atoms with Crippen LogP contribution in [0.2, 0.25) is 0 Å². The lowest BCUT2D eigenvalue weighted by atomic mass is 9.90. The van der Waals surface area contributed by atoms with Crippen molar-refractivity contribution in [3.63, 3.8) is 0 Å². The van der Waals surface area contributed by atoms with E-state index in [1.165, 1.54) is 0 Å². The first-order valence-corrected chi connectivity index (χ1v) is 13.6. The van der Waals surface area contributed by atoms with Gasteiger partial charge in [-0.2, -0.15) is 0 Å². The monoisotopic (exact) mass is 532 g/mol. The molecule has 3 aliphatic rings. The number of nitrogens with zero attached hydrogens (tertiary/aromatic N) is 1. The number of aliphatic carboxylic acids is 1.